The average Bonchev–Trinajstić information content (AvgIpc) is 2.95. The zero-order chi connectivity index (χ0) is 12.4. The maximum Gasteiger partial charge on any atom is 0.373 e. The molecule has 1 unspecified atom stereocenters. The molecule has 1 atom stereocenters. The zero-order valence-electron chi connectivity index (χ0n) is 9.45. The molecule has 0 aliphatic carbocycles. The van der Waals surface area contributed by atoms with Gasteiger partial charge in [0.15, 0.2) is 6.10 Å². The van der Waals surface area contributed by atoms with Gasteiger partial charge in [0, 0.05) is 13.2 Å². The third kappa shape index (κ3) is 2.07. The molecule has 0 fully saturated rings. The molecule has 17 heavy (non-hydrogen) atoms. The summed E-state index contributed by atoms with van der Waals surface area (Å²) in [6.07, 6.45) is 0.615. The van der Waals surface area contributed by atoms with Crippen LogP contribution >= 0.6 is 0 Å². The normalized spacial score (nSPS) is 12.4. The molecule has 0 aliphatic heterocycles. The smallest absolute Gasteiger partial charge is 0.373 e. The summed E-state index contributed by atoms with van der Waals surface area (Å²) in [6.45, 7) is 0. The van der Waals surface area contributed by atoms with Gasteiger partial charge in [-0.25, -0.2) is 4.79 Å². The highest BCUT2D eigenvalue weighted by molar-refractivity contribution is 5.86. The number of carbonyl (C=O) groups is 1. The largest absolute Gasteiger partial charge is 0.463 e. The van der Waals surface area contributed by atoms with Crippen LogP contribution in [0, 0.1) is 0 Å². The Morgan fingerprint density at radius 3 is 2.88 bits per heavy atom. The van der Waals surface area contributed by atoms with E-state index >= 15 is 0 Å². The molecular weight excluding hydrogens is 224 g/mol. The second-order valence-corrected chi connectivity index (χ2v) is 3.48. The molecule has 2 aromatic heterocycles. The van der Waals surface area contributed by atoms with Crippen molar-refractivity contribution < 1.29 is 19.1 Å². The van der Waals surface area contributed by atoms with E-state index in [4.69, 9.17) is 4.42 Å². The first-order valence-corrected chi connectivity index (χ1v) is 4.97. The molecule has 2 heterocycles. The fourth-order valence-corrected chi connectivity index (χ4v) is 1.51. The van der Waals surface area contributed by atoms with Crippen molar-refractivity contribution in [1.82, 2.24) is 9.78 Å². The number of ether oxygens (including phenoxy) is 1. The average molecular weight is 236 g/mol. The molecule has 2 rings (SSSR count). The van der Waals surface area contributed by atoms with Crippen molar-refractivity contribution in [3.8, 4) is 0 Å². The monoisotopic (exact) mass is 236 g/mol. The van der Waals surface area contributed by atoms with Gasteiger partial charge in [-0.1, -0.05) is 0 Å². The SMILES string of the molecule is COC(=O)c1ccc(C(O)c2ccnn2C)o1. The number of rotatable bonds is 3. The fraction of sp³-hybridized carbons (Fsp3) is 0.273. The van der Waals surface area contributed by atoms with E-state index in [9.17, 15) is 9.90 Å². The topological polar surface area (TPSA) is 77.5 Å². The number of methoxy groups -OCH3 is 1. The predicted molar refractivity (Wildman–Crippen MR) is 57.3 cm³/mol. The van der Waals surface area contributed by atoms with Crippen LogP contribution in [-0.2, 0) is 11.8 Å². The van der Waals surface area contributed by atoms with E-state index in [-0.39, 0.29) is 11.5 Å². The maximum absolute atomic E-state index is 11.2. The van der Waals surface area contributed by atoms with Crippen molar-refractivity contribution in [2.45, 2.75) is 6.10 Å². The van der Waals surface area contributed by atoms with Gasteiger partial charge in [-0.3, -0.25) is 4.68 Å². The molecular formula is C11H12N2O4. The van der Waals surface area contributed by atoms with Crippen LogP contribution in [0.2, 0.25) is 0 Å². The molecule has 0 aromatic carbocycles. The zero-order valence-corrected chi connectivity index (χ0v) is 9.45. The lowest BCUT2D eigenvalue weighted by atomic mass is 10.2. The van der Waals surface area contributed by atoms with E-state index in [1.54, 1.807) is 19.3 Å². The highest BCUT2D eigenvalue weighted by Crippen LogP contribution is 2.23. The van der Waals surface area contributed by atoms with Gasteiger partial charge in [-0.05, 0) is 18.2 Å². The third-order valence-corrected chi connectivity index (χ3v) is 2.42. The van der Waals surface area contributed by atoms with E-state index < -0.39 is 12.1 Å². The van der Waals surface area contributed by atoms with Crippen molar-refractivity contribution >= 4 is 5.97 Å². The maximum atomic E-state index is 11.2. The van der Waals surface area contributed by atoms with Gasteiger partial charge in [0.1, 0.15) is 5.76 Å². The number of aliphatic hydroxyl groups excluding tert-OH is 1. The summed E-state index contributed by atoms with van der Waals surface area (Å²) in [7, 11) is 2.98. The number of aliphatic hydroxyl groups is 1. The Labute approximate surface area is 97.4 Å². The fourth-order valence-electron chi connectivity index (χ4n) is 1.51. The number of nitrogens with zero attached hydrogens (tertiary/aromatic N) is 2. The molecule has 2 aromatic rings. The van der Waals surface area contributed by atoms with Crippen molar-refractivity contribution in [3.63, 3.8) is 0 Å². The van der Waals surface area contributed by atoms with Crippen LogP contribution in [0.3, 0.4) is 0 Å². The number of aryl methyl sites for hydroxylation is 1. The van der Waals surface area contributed by atoms with Crippen molar-refractivity contribution in [2.24, 2.45) is 7.05 Å². The first kappa shape index (κ1) is 11.4. The van der Waals surface area contributed by atoms with Gasteiger partial charge in [0.25, 0.3) is 0 Å². The highest BCUT2D eigenvalue weighted by Gasteiger charge is 2.20. The Kier molecular flexibility index (Phi) is 2.97. The summed E-state index contributed by atoms with van der Waals surface area (Å²) in [6, 6.07) is 4.66. The van der Waals surface area contributed by atoms with Crippen LogP contribution < -0.4 is 0 Å². The standard InChI is InChI=1S/C11H12N2O4/c1-13-7(5-6-12-13)10(14)8-3-4-9(17-8)11(15)16-2/h3-6,10,14H,1-2H3. The third-order valence-electron chi connectivity index (χ3n) is 2.42. The van der Waals surface area contributed by atoms with Crippen LogP contribution in [0.5, 0.6) is 0 Å². The van der Waals surface area contributed by atoms with Crippen molar-refractivity contribution in [2.75, 3.05) is 7.11 Å². The summed E-state index contributed by atoms with van der Waals surface area (Å²) in [4.78, 5) is 11.2. The molecule has 6 nitrogen and oxygen atoms in total. The number of hydrogen-bond donors (Lipinski definition) is 1. The minimum absolute atomic E-state index is 0.0590. The molecule has 0 spiro atoms. The van der Waals surface area contributed by atoms with Gasteiger partial charge in [-0.2, -0.15) is 5.10 Å². The predicted octanol–water partition coefficient (Wildman–Crippen LogP) is 0.881. The first-order chi connectivity index (χ1) is 8.13. The summed E-state index contributed by atoms with van der Waals surface area (Å²) in [5.74, 6) is -0.244. The van der Waals surface area contributed by atoms with Gasteiger partial charge < -0.3 is 14.3 Å². The van der Waals surface area contributed by atoms with E-state index in [0.717, 1.165) is 0 Å². The molecule has 0 saturated heterocycles. The number of aromatic nitrogens is 2. The van der Waals surface area contributed by atoms with E-state index in [1.807, 2.05) is 0 Å². The molecule has 0 radical (unpaired) electrons. The summed E-state index contributed by atoms with van der Waals surface area (Å²) >= 11 is 0. The molecule has 0 aliphatic rings. The Balaban J connectivity index is 2.26. The van der Waals surface area contributed by atoms with Crippen LogP contribution in [0.4, 0.5) is 0 Å². The lowest BCUT2D eigenvalue weighted by Crippen LogP contribution is -2.06. The minimum Gasteiger partial charge on any atom is -0.463 e. The summed E-state index contributed by atoms with van der Waals surface area (Å²) in [5.41, 5.74) is 0.579. The number of carbonyl (C=O) groups excluding carboxylic acids is 1. The van der Waals surface area contributed by atoms with Crippen LogP contribution in [-0.4, -0.2) is 28.0 Å². The van der Waals surface area contributed by atoms with Crippen molar-refractivity contribution in [3.05, 3.63) is 41.6 Å². The Hall–Kier alpha value is -2.08. The molecule has 0 bridgehead atoms. The summed E-state index contributed by atoms with van der Waals surface area (Å²) in [5, 5.41) is 14.0. The highest BCUT2D eigenvalue weighted by atomic mass is 16.5. The van der Waals surface area contributed by atoms with Gasteiger partial charge in [0.05, 0.1) is 12.8 Å². The lowest BCUT2D eigenvalue weighted by molar-refractivity contribution is 0.0557. The number of furan rings is 1. The van der Waals surface area contributed by atoms with E-state index in [0.29, 0.717) is 5.69 Å². The molecule has 1 N–H and O–H groups in total. The van der Waals surface area contributed by atoms with Gasteiger partial charge in [0.2, 0.25) is 5.76 Å². The van der Waals surface area contributed by atoms with Crippen LogP contribution in [0.15, 0.2) is 28.8 Å². The van der Waals surface area contributed by atoms with E-state index in [2.05, 4.69) is 9.84 Å². The second kappa shape index (κ2) is 4.42. The van der Waals surface area contributed by atoms with Crippen molar-refractivity contribution in [1.29, 1.82) is 0 Å². The molecule has 90 valence electrons. The Bertz CT molecular complexity index is 529. The molecule has 6 heteroatoms. The van der Waals surface area contributed by atoms with E-state index in [1.165, 1.54) is 23.9 Å². The van der Waals surface area contributed by atoms with Gasteiger partial charge >= 0.3 is 5.97 Å². The molecule has 0 amide bonds. The lowest BCUT2D eigenvalue weighted by Gasteiger charge is -2.07. The van der Waals surface area contributed by atoms with Gasteiger partial charge in [-0.15, -0.1) is 0 Å². The first-order valence-electron chi connectivity index (χ1n) is 4.97. The Morgan fingerprint density at radius 2 is 2.29 bits per heavy atom. The minimum atomic E-state index is -0.957. The summed E-state index contributed by atoms with van der Waals surface area (Å²) < 4.78 is 11.3. The quantitative estimate of drug-likeness (QED) is 0.800. The number of hydrogen-bond acceptors (Lipinski definition) is 5. The van der Waals surface area contributed by atoms with Crippen LogP contribution in [0.1, 0.15) is 28.1 Å². The second-order valence-electron chi connectivity index (χ2n) is 3.48. The number of esters is 1. The Morgan fingerprint density at radius 1 is 1.53 bits per heavy atom. The van der Waals surface area contributed by atoms with Crippen LogP contribution in [0.25, 0.3) is 0 Å². The molecule has 0 saturated carbocycles.